The molecule has 9 heteroatoms. The van der Waals surface area contributed by atoms with Crippen LogP contribution in [-0.4, -0.2) is 49.3 Å². The minimum Gasteiger partial charge on any atom is -0.394 e. The maximum Gasteiger partial charge on any atom is 0.330 e. The molecule has 0 bridgehead atoms. The van der Waals surface area contributed by atoms with Crippen LogP contribution in [0.2, 0.25) is 0 Å². The molecule has 0 amide bonds. The highest BCUT2D eigenvalue weighted by atomic mass is 19.1. The molecule has 4 N–H and O–H groups in total. The summed E-state index contributed by atoms with van der Waals surface area (Å²) in [5.41, 5.74) is -4.12. The summed E-state index contributed by atoms with van der Waals surface area (Å²) in [4.78, 5) is 24.2. The predicted octanol–water partition coefficient (Wildman–Crippen LogP) is -2.32. The van der Waals surface area contributed by atoms with Crippen molar-refractivity contribution in [3.63, 3.8) is 0 Å². The monoisotopic (exact) mass is 276 g/mol. The van der Waals surface area contributed by atoms with Gasteiger partial charge in [0.25, 0.3) is 5.56 Å². The van der Waals surface area contributed by atoms with Crippen molar-refractivity contribution in [1.29, 1.82) is 0 Å². The first-order valence-corrected chi connectivity index (χ1v) is 5.46. The SMILES string of the molecule is C[C@@]1(O)[C@H](O)[C@@H](CO)O[C@H]1n1cc(F)c(=O)[nH]c1=O. The van der Waals surface area contributed by atoms with Gasteiger partial charge in [0.05, 0.1) is 12.8 Å². The number of halogens is 1. The maximum absolute atomic E-state index is 13.2. The smallest absolute Gasteiger partial charge is 0.330 e. The van der Waals surface area contributed by atoms with Gasteiger partial charge in [-0.2, -0.15) is 4.39 Å². The summed E-state index contributed by atoms with van der Waals surface area (Å²) in [6.07, 6.45) is -3.45. The van der Waals surface area contributed by atoms with E-state index in [-0.39, 0.29) is 0 Å². The Labute approximate surface area is 105 Å². The molecule has 1 fully saturated rings. The Hall–Kier alpha value is -1.55. The molecule has 0 unspecified atom stereocenters. The Morgan fingerprint density at radius 1 is 1.58 bits per heavy atom. The molecule has 2 rings (SSSR count). The van der Waals surface area contributed by atoms with Crippen LogP contribution in [0.1, 0.15) is 13.2 Å². The van der Waals surface area contributed by atoms with E-state index in [0.29, 0.717) is 10.8 Å². The Morgan fingerprint density at radius 2 is 2.21 bits per heavy atom. The van der Waals surface area contributed by atoms with Crippen molar-refractivity contribution in [1.82, 2.24) is 9.55 Å². The summed E-state index contributed by atoms with van der Waals surface area (Å²) in [6.45, 7) is 0.585. The maximum atomic E-state index is 13.2. The first-order valence-electron chi connectivity index (χ1n) is 5.46. The first kappa shape index (κ1) is 13.9. The topological polar surface area (TPSA) is 125 Å². The zero-order chi connectivity index (χ0) is 14.4. The second-order valence-electron chi connectivity index (χ2n) is 4.52. The average Bonchev–Trinajstić information content (AvgIpc) is 2.56. The van der Waals surface area contributed by atoms with Crippen LogP contribution in [0.25, 0.3) is 0 Å². The van der Waals surface area contributed by atoms with Crippen molar-refractivity contribution >= 4 is 0 Å². The van der Waals surface area contributed by atoms with Gasteiger partial charge in [-0.25, -0.2) is 4.79 Å². The molecular weight excluding hydrogens is 263 g/mol. The van der Waals surface area contributed by atoms with E-state index in [0.717, 1.165) is 0 Å². The molecule has 8 nitrogen and oxygen atoms in total. The zero-order valence-corrected chi connectivity index (χ0v) is 9.91. The van der Waals surface area contributed by atoms with Crippen LogP contribution in [0.3, 0.4) is 0 Å². The molecule has 1 aromatic rings. The van der Waals surface area contributed by atoms with Gasteiger partial charge < -0.3 is 20.1 Å². The first-order chi connectivity index (χ1) is 8.78. The van der Waals surface area contributed by atoms with Gasteiger partial charge in [-0.1, -0.05) is 0 Å². The molecule has 0 aliphatic carbocycles. The van der Waals surface area contributed by atoms with Crippen LogP contribution in [0, 0.1) is 5.82 Å². The lowest BCUT2D eigenvalue weighted by atomic mass is 9.96. The predicted molar refractivity (Wildman–Crippen MR) is 58.9 cm³/mol. The lowest BCUT2D eigenvalue weighted by Crippen LogP contribution is -2.47. The summed E-state index contributed by atoms with van der Waals surface area (Å²) >= 11 is 0. The molecule has 0 radical (unpaired) electrons. The van der Waals surface area contributed by atoms with Crippen molar-refractivity contribution in [3.8, 4) is 0 Å². The number of ether oxygens (including phenoxy) is 1. The highest BCUT2D eigenvalue weighted by Gasteiger charge is 2.53. The summed E-state index contributed by atoms with van der Waals surface area (Å²) in [5.74, 6) is -1.24. The normalized spacial score (nSPS) is 34.7. The third kappa shape index (κ3) is 2.10. The number of aliphatic hydroxyl groups is 3. The van der Waals surface area contributed by atoms with Gasteiger partial charge in [0.15, 0.2) is 6.23 Å². The van der Waals surface area contributed by atoms with Crippen molar-refractivity contribution in [2.24, 2.45) is 0 Å². The van der Waals surface area contributed by atoms with E-state index in [1.54, 1.807) is 4.98 Å². The van der Waals surface area contributed by atoms with Crippen LogP contribution in [0.4, 0.5) is 4.39 Å². The van der Waals surface area contributed by atoms with Crippen molar-refractivity contribution in [3.05, 3.63) is 32.9 Å². The summed E-state index contributed by atoms with van der Waals surface area (Å²) in [6, 6.07) is 0. The van der Waals surface area contributed by atoms with Gasteiger partial charge in [0.2, 0.25) is 5.82 Å². The number of aromatic amines is 1. The van der Waals surface area contributed by atoms with E-state index in [1.165, 1.54) is 6.92 Å². The molecule has 1 aromatic heterocycles. The molecule has 0 spiro atoms. The molecular formula is C10H13FN2O6. The van der Waals surface area contributed by atoms with Crippen LogP contribution in [-0.2, 0) is 4.74 Å². The van der Waals surface area contributed by atoms with Crippen molar-refractivity contribution in [2.45, 2.75) is 31.0 Å². The van der Waals surface area contributed by atoms with Crippen LogP contribution in [0.5, 0.6) is 0 Å². The lowest BCUT2D eigenvalue weighted by Gasteiger charge is -2.27. The molecule has 1 saturated heterocycles. The number of nitrogens with one attached hydrogen (secondary N) is 1. The van der Waals surface area contributed by atoms with Gasteiger partial charge in [-0.3, -0.25) is 14.3 Å². The summed E-state index contributed by atoms with van der Waals surface area (Å²) in [5, 5.41) is 28.8. The minimum absolute atomic E-state index is 0.576. The number of H-pyrrole nitrogens is 1. The molecule has 106 valence electrons. The van der Waals surface area contributed by atoms with E-state index in [9.17, 15) is 24.2 Å². The van der Waals surface area contributed by atoms with E-state index in [4.69, 9.17) is 9.84 Å². The van der Waals surface area contributed by atoms with Gasteiger partial charge in [-0.15, -0.1) is 0 Å². The van der Waals surface area contributed by atoms with Gasteiger partial charge in [0.1, 0.15) is 17.8 Å². The largest absolute Gasteiger partial charge is 0.394 e. The van der Waals surface area contributed by atoms with E-state index >= 15 is 0 Å². The number of nitrogens with zero attached hydrogens (tertiary/aromatic N) is 1. The second kappa shape index (κ2) is 4.53. The highest BCUT2D eigenvalue weighted by Crippen LogP contribution is 2.37. The number of aromatic nitrogens is 2. The average molecular weight is 276 g/mol. The molecule has 1 aliphatic rings. The minimum atomic E-state index is -1.93. The number of hydrogen-bond acceptors (Lipinski definition) is 6. The number of rotatable bonds is 2. The lowest BCUT2D eigenvalue weighted by molar-refractivity contribution is -0.0991. The Kier molecular flexibility index (Phi) is 3.31. The molecule has 0 aromatic carbocycles. The van der Waals surface area contributed by atoms with E-state index in [2.05, 4.69) is 0 Å². The van der Waals surface area contributed by atoms with Crippen LogP contribution >= 0.6 is 0 Å². The number of aliphatic hydroxyl groups excluding tert-OH is 2. The molecule has 2 heterocycles. The van der Waals surface area contributed by atoms with Crippen LogP contribution < -0.4 is 11.2 Å². The summed E-state index contributed by atoms with van der Waals surface area (Å²) in [7, 11) is 0. The van der Waals surface area contributed by atoms with E-state index in [1.807, 2.05) is 0 Å². The molecule has 19 heavy (non-hydrogen) atoms. The molecule has 1 aliphatic heterocycles. The Bertz CT molecular complexity index is 594. The third-order valence-electron chi connectivity index (χ3n) is 3.11. The summed E-state index contributed by atoms with van der Waals surface area (Å²) < 4.78 is 18.9. The van der Waals surface area contributed by atoms with Crippen molar-refractivity contribution < 1.29 is 24.4 Å². The highest BCUT2D eigenvalue weighted by molar-refractivity contribution is 5.01. The van der Waals surface area contributed by atoms with Gasteiger partial charge in [-0.05, 0) is 6.92 Å². The fourth-order valence-electron chi connectivity index (χ4n) is 2.03. The number of hydrogen-bond donors (Lipinski definition) is 4. The Morgan fingerprint density at radius 3 is 2.74 bits per heavy atom. The fraction of sp³-hybridized carbons (Fsp3) is 0.600. The van der Waals surface area contributed by atoms with Gasteiger partial charge in [0, 0.05) is 0 Å². The van der Waals surface area contributed by atoms with Crippen LogP contribution in [0.15, 0.2) is 15.8 Å². The second-order valence-corrected chi connectivity index (χ2v) is 4.52. The van der Waals surface area contributed by atoms with E-state index < -0.39 is 47.7 Å². The molecule has 0 saturated carbocycles. The fourth-order valence-corrected chi connectivity index (χ4v) is 2.03. The third-order valence-corrected chi connectivity index (χ3v) is 3.11. The van der Waals surface area contributed by atoms with Crippen molar-refractivity contribution in [2.75, 3.05) is 6.61 Å². The zero-order valence-electron chi connectivity index (χ0n) is 9.91. The Balaban J connectivity index is 2.51. The standard InChI is InChI=1S/C10H13FN2O6/c1-10(18)6(15)5(3-14)19-8(10)13-2-4(11)7(16)12-9(13)17/h2,5-6,8,14-15,18H,3H2,1H3,(H,12,16,17)/t5-,6-,8-,10-/m1/s1. The molecule has 4 atom stereocenters. The van der Waals surface area contributed by atoms with Gasteiger partial charge >= 0.3 is 5.69 Å². The quantitative estimate of drug-likeness (QED) is 0.480.